The second-order valence-electron chi connectivity index (χ2n) is 4.27. The third-order valence-electron chi connectivity index (χ3n) is 1.84. The Morgan fingerprint density at radius 3 is 2.55 bits per heavy atom. The van der Waals surface area contributed by atoms with Crippen LogP contribution in [0.1, 0.15) is 33.1 Å². The summed E-state index contributed by atoms with van der Waals surface area (Å²) in [5.41, 5.74) is 5.87. The Kier molecular flexibility index (Phi) is 3.26. The maximum absolute atomic E-state index is 5.85. The van der Waals surface area contributed by atoms with Crippen molar-refractivity contribution < 1.29 is 0 Å². The molecule has 0 saturated heterocycles. The molecule has 0 amide bonds. The molecule has 1 aliphatic rings. The zero-order valence-electron chi connectivity index (χ0n) is 7.60. The van der Waals surface area contributed by atoms with Gasteiger partial charge in [0.2, 0.25) is 0 Å². The fourth-order valence-corrected chi connectivity index (χ4v) is 2.16. The fraction of sp³-hybridized carbons (Fsp3) is 1.00. The molecule has 0 aromatic heterocycles. The number of hydrogen-bond donors (Lipinski definition) is 1. The van der Waals surface area contributed by atoms with Crippen molar-refractivity contribution >= 4 is 11.8 Å². The van der Waals surface area contributed by atoms with Gasteiger partial charge in [-0.15, -0.1) is 0 Å². The van der Waals surface area contributed by atoms with Crippen molar-refractivity contribution in [3.63, 3.8) is 0 Å². The molecule has 0 atom stereocenters. The molecule has 66 valence electrons. The van der Waals surface area contributed by atoms with Crippen LogP contribution in [-0.2, 0) is 0 Å². The van der Waals surface area contributed by atoms with Gasteiger partial charge in [0.1, 0.15) is 0 Å². The Balaban J connectivity index is 1.87. The lowest BCUT2D eigenvalue weighted by Gasteiger charge is -2.17. The summed E-state index contributed by atoms with van der Waals surface area (Å²) in [7, 11) is 0. The maximum atomic E-state index is 5.85. The molecule has 1 saturated carbocycles. The van der Waals surface area contributed by atoms with Gasteiger partial charge in [-0.1, -0.05) is 12.8 Å². The summed E-state index contributed by atoms with van der Waals surface area (Å²) in [6.07, 6.45) is 4.37. The second kappa shape index (κ2) is 3.81. The molecule has 0 aromatic rings. The van der Waals surface area contributed by atoms with Crippen LogP contribution in [0.4, 0.5) is 0 Å². The van der Waals surface area contributed by atoms with E-state index in [2.05, 4.69) is 13.8 Å². The Hall–Kier alpha value is 0.310. The Bertz CT molecular complexity index is 113. The zero-order valence-corrected chi connectivity index (χ0v) is 8.41. The lowest BCUT2D eigenvalue weighted by atomic mass is 10.1. The third kappa shape index (κ3) is 5.57. The van der Waals surface area contributed by atoms with E-state index in [0.717, 1.165) is 11.7 Å². The van der Waals surface area contributed by atoms with E-state index in [9.17, 15) is 0 Å². The van der Waals surface area contributed by atoms with Gasteiger partial charge in [-0.05, 0) is 31.9 Å². The largest absolute Gasteiger partial charge is 0.325 e. The lowest BCUT2D eigenvalue weighted by Crippen LogP contribution is -2.34. The minimum atomic E-state index is 0.0220. The van der Waals surface area contributed by atoms with Crippen molar-refractivity contribution in [2.24, 2.45) is 11.7 Å². The van der Waals surface area contributed by atoms with E-state index in [1.54, 1.807) is 0 Å². The van der Waals surface area contributed by atoms with E-state index in [1.165, 1.54) is 25.0 Å². The summed E-state index contributed by atoms with van der Waals surface area (Å²) >= 11 is 2.00. The first-order valence-corrected chi connectivity index (χ1v) is 5.60. The fourth-order valence-electron chi connectivity index (χ4n) is 0.992. The molecule has 11 heavy (non-hydrogen) atoms. The smallest absolute Gasteiger partial charge is 0.0188 e. The van der Waals surface area contributed by atoms with Crippen LogP contribution in [0.5, 0.6) is 0 Å². The normalized spacial score (nSPS) is 18.8. The maximum Gasteiger partial charge on any atom is 0.0188 e. The van der Waals surface area contributed by atoms with Crippen molar-refractivity contribution in [1.82, 2.24) is 0 Å². The van der Waals surface area contributed by atoms with Crippen LogP contribution in [0.15, 0.2) is 0 Å². The second-order valence-corrected chi connectivity index (χ2v) is 5.38. The van der Waals surface area contributed by atoms with Gasteiger partial charge in [-0.3, -0.25) is 0 Å². The van der Waals surface area contributed by atoms with Crippen LogP contribution in [0.25, 0.3) is 0 Å². The molecule has 0 aliphatic heterocycles. The Morgan fingerprint density at radius 2 is 2.09 bits per heavy atom. The summed E-state index contributed by atoms with van der Waals surface area (Å²) in [6.45, 7) is 4.19. The van der Waals surface area contributed by atoms with Gasteiger partial charge < -0.3 is 5.73 Å². The van der Waals surface area contributed by atoms with E-state index in [0.29, 0.717) is 0 Å². The van der Waals surface area contributed by atoms with Crippen LogP contribution in [0, 0.1) is 5.92 Å². The topological polar surface area (TPSA) is 26.0 Å². The number of nitrogens with two attached hydrogens (primary N) is 1. The average molecular weight is 173 g/mol. The van der Waals surface area contributed by atoms with E-state index in [-0.39, 0.29) is 5.54 Å². The van der Waals surface area contributed by atoms with Gasteiger partial charge >= 0.3 is 0 Å². The molecule has 0 bridgehead atoms. The molecule has 0 aromatic carbocycles. The number of hydrogen-bond acceptors (Lipinski definition) is 2. The molecule has 1 rings (SSSR count). The minimum absolute atomic E-state index is 0.0220. The highest BCUT2D eigenvalue weighted by Gasteiger charge is 2.20. The summed E-state index contributed by atoms with van der Waals surface area (Å²) in [5.74, 6) is 3.48. The highest BCUT2D eigenvalue weighted by molar-refractivity contribution is 7.99. The molecular weight excluding hydrogens is 154 g/mol. The Morgan fingerprint density at radius 1 is 1.45 bits per heavy atom. The van der Waals surface area contributed by atoms with Crippen LogP contribution in [-0.4, -0.2) is 17.0 Å². The highest BCUT2D eigenvalue weighted by atomic mass is 32.2. The minimum Gasteiger partial charge on any atom is -0.325 e. The molecule has 2 N–H and O–H groups in total. The van der Waals surface area contributed by atoms with Crippen LogP contribution in [0.2, 0.25) is 0 Å². The van der Waals surface area contributed by atoms with E-state index < -0.39 is 0 Å². The molecule has 0 heterocycles. The van der Waals surface area contributed by atoms with Gasteiger partial charge in [0.25, 0.3) is 0 Å². The van der Waals surface area contributed by atoms with Crippen molar-refractivity contribution in [1.29, 1.82) is 0 Å². The van der Waals surface area contributed by atoms with Crippen LogP contribution < -0.4 is 5.73 Å². The first kappa shape index (κ1) is 9.40. The predicted molar refractivity (Wildman–Crippen MR) is 52.9 cm³/mol. The van der Waals surface area contributed by atoms with Crippen molar-refractivity contribution in [2.45, 2.75) is 38.6 Å². The first-order chi connectivity index (χ1) is 5.08. The van der Waals surface area contributed by atoms with Gasteiger partial charge in [0.15, 0.2) is 0 Å². The molecule has 0 unspecified atom stereocenters. The van der Waals surface area contributed by atoms with Crippen molar-refractivity contribution in [3.8, 4) is 0 Å². The van der Waals surface area contributed by atoms with Gasteiger partial charge in [0, 0.05) is 11.3 Å². The van der Waals surface area contributed by atoms with Gasteiger partial charge in [-0.25, -0.2) is 0 Å². The summed E-state index contributed by atoms with van der Waals surface area (Å²) in [6, 6.07) is 0. The summed E-state index contributed by atoms with van der Waals surface area (Å²) in [5, 5.41) is 0. The van der Waals surface area contributed by atoms with Crippen molar-refractivity contribution in [2.75, 3.05) is 11.5 Å². The standard InChI is InChI=1S/C9H19NS/c1-9(2,10)7-11-6-5-8-3-4-8/h8H,3-7,10H2,1-2H3. The van der Waals surface area contributed by atoms with E-state index >= 15 is 0 Å². The Labute approximate surface area is 74.1 Å². The molecule has 0 radical (unpaired) electrons. The van der Waals surface area contributed by atoms with Crippen molar-refractivity contribution in [3.05, 3.63) is 0 Å². The molecule has 2 heteroatoms. The zero-order chi connectivity index (χ0) is 8.32. The van der Waals surface area contributed by atoms with Gasteiger partial charge in [0.05, 0.1) is 0 Å². The van der Waals surface area contributed by atoms with Crippen LogP contribution in [0.3, 0.4) is 0 Å². The molecule has 0 spiro atoms. The summed E-state index contributed by atoms with van der Waals surface area (Å²) in [4.78, 5) is 0. The molecule has 1 aliphatic carbocycles. The summed E-state index contributed by atoms with van der Waals surface area (Å²) < 4.78 is 0. The average Bonchev–Trinajstić information content (AvgIpc) is 2.60. The highest BCUT2D eigenvalue weighted by Crippen LogP contribution is 2.33. The van der Waals surface area contributed by atoms with E-state index in [4.69, 9.17) is 5.73 Å². The lowest BCUT2D eigenvalue weighted by molar-refractivity contribution is 0.590. The van der Waals surface area contributed by atoms with Crippen LogP contribution >= 0.6 is 11.8 Å². The first-order valence-electron chi connectivity index (χ1n) is 4.44. The quantitative estimate of drug-likeness (QED) is 0.645. The number of rotatable bonds is 5. The monoisotopic (exact) mass is 173 g/mol. The third-order valence-corrected chi connectivity index (χ3v) is 3.31. The van der Waals surface area contributed by atoms with Gasteiger partial charge in [-0.2, -0.15) is 11.8 Å². The predicted octanol–water partition coefficient (Wildman–Crippen LogP) is 2.26. The molecular formula is C9H19NS. The molecule has 1 nitrogen and oxygen atoms in total. The number of thioether (sulfide) groups is 1. The SMILES string of the molecule is CC(C)(N)CSCCC1CC1. The molecule has 1 fully saturated rings. The van der Waals surface area contributed by atoms with E-state index in [1.807, 2.05) is 11.8 Å².